The van der Waals surface area contributed by atoms with Gasteiger partial charge in [-0.3, -0.25) is 4.90 Å². The summed E-state index contributed by atoms with van der Waals surface area (Å²) in [6.45, 7) is 2.48. The van der Waals surface area contributed by atoms with E-state index in [-0.39, 0.29) is 68.7 Å². The maximum absolute atomic E-state index is 16.6. The minimum absolute atomic E-state index is 0.0109. The molecule has 0 radical (unpaired) electrons. The molecule has 1 amide bonds. The van der Waals surface area contributed by atoms with Crippen LogP contribution in [0.25, 0.3) is 32.1 Å². The lowest BCUT2D eigenvalue weighted by Crippen LogP contribution is -2.45. The molecule has 0 aliphatic carbocycles. The zero-order chi connectivity index (χ0) is 30.1. The molecule has 218 valence electrons. The number of amides is 1. The van der Waals surface area contributed by atoms with E-state index in [0.29, 0.717) is 24.3 Å². The minimum Gasteiger partial charge on any atom is -0.467 e. The lowest BCUT2D eigenvalue weighted by atomic mass is 9.92. The molecule has 15 heteroatoms. The largest absolute Gasteiger partial charge is 0.467 e. The van der Waals surface area contributed by atoms with Gasteiger partial charge < -0.3 is 20.1 Å². The molecule has 2 aliphatic heterocycles. The fourth-order valence-electron chi connectivity index (χ4n) is 5.91. The van der Waals surface area contributed by atoms with Crippen LogP contribution in [0, 0.1) is 23.0 Å². The molecule has 42 heavy (non-hydrogen) atoms. The highest BCUT2D eigenvalue weighted by molar-refractivity contribution is 7.23. The van der Waals surface area contributed by atoms with E-state index < -0.39 is 40.5 Å². The summed E-state index contributed by atoms with van der Waals surface area (Å²) in [5.41, 5.74) is 2.52. The molecule has 2 unspecified atom stereocenters. The molecule has 2 aliphatic rings. The number of fused-ring (bicyclic) bond motifs is 3. The van der Waals surface area contributed by atoms with Crippen LogP contribution in [0.1, 0.15) is 24.5 Å². The summed E-state index contributed by atoms with van der Waals surface area (Å²) in [4.78, 5) is 23.8. The SMILES string of the molecule is CCN(c1nc(OC)nc2c(F)c(-c3ccc(F)c4sc(N)c(C#N)c34)c(C(F)(F)F)cc12)C1CCN2C(=O)OCC12. The Labute approximate surface area is 238 Å². The molecule has 4 heterocycles. The van der Waals surface area contributed by atoms with Crippen molar-refractivity contribution >= 4 is 49.2 Å². The second-order valence-corrected chi connectivity index (χ2v) is 10.8. The van der Waals surface area contributed by atoms with Crippen molar-refractivity contribution in [3.8, 4) is 23.2 Å². The summed E-state index contributed by atoms with van der Waals surface area (Å²) < 4.78 is 85.6. The van der Waals surface area contributed by atoms with Crippen LogP contribution >= 0.6 is 11.3 Å². The van der Waals surface area contributed by atoms with E-state index in [4.69, 9.17) is 15.2 Å². The number of nitrogens with two attached hydrogens (primary N) is 1. The number of aromatic nitrogens is 2. The van der Waals surface area contributed by atoms with Crippen LogP contribution in [0.3, 0.4) is 0 Å². The lowest BCUT2D eigenvalue weighted by Gasteiger charge is -2.32. The normalized spacial score (nSPS) is 18.4. The number of ether oxygens (including phenoxy) is 2. The van der Waals surface area contributed by atoms with Gasteiger partial charge in [0.2, 0.25) is 0 Å². The number of nitriles is 1. The average Bonchev–Trinajstić information content (AvgIpc) is 3.64. The van der Waals surface area contributed by atoms with Crippen molar-refractivity contribution in [3.05, 3.63) is 41.0 Å². The second kappa shape index (κ2) is 9.83. The third-order valence-corrected chi connectivity index (χ3v) is 8.74. The summed E-state index contributed by atoms with van der Waals surface area (Å²) in [5.74, 6) is -2.18. The van der Waals surface area contributed by atoms with Gasteiger partial charge in [0.15, 0.2) is 5.82 Å². The first-order chi connectivity index (χ1) is 20.0. The molecule has 9 nitrogen and oxygen atoms in total. The number of nitrogens with zero attached hydrogens (tertiary/aromatic N) is 5. The number of hydrogen-bond acceptors (Lipinski definition) is 9. The van der Waals surface area contributed by atoms with Gasteiger partial charge >= 0.3 is 18.3 Å². The Hall–Kier alpha value is -4.45. The minimum atomic E-state index is -5.08. The Morgan fingerprint density at radius 3 is 2.74 bits per heavy atom. The van der Waals surface area contributed by atoms with Crippen LogP contribution in [0.5, 0.6) is 6.01 Å². The van der Waals surface area contributed by atoms with Gasteiger partial charge in [-0.1, -0.05) is 6.07 Å². The summed E-state index contributed by atoms with van der Waals surface area (Å²) in [7, 11) is 1.24. The summed E-state index contributed by atoms with van der Waals surface area (Å²) in [6.07, 6.45) is -5.07. The molecule has 4 aromatic rings. The molecular weight excluding hydrogens is 583 g/mol. The van der Waals surface area contributed by atoms with Gasteiger partial charge in [-0.15, -0.1) is 11.3 Å². The van der Waals surface area contributed by atoms with Gasteiger partial charge in [0.05, 0.1) is 35.0 Å². The van der Waals surface area contributed by atoms with Crippen molar-refractivity contribution in [3.63, 3.8) is 0 Å². The van der Waals surface area contributed by atoms with Crippen molar-refractivity contribution in [1.82, 2.24) is 14.9 Å². The van der Waals surface area contributed by atoms with Crippen LogP contribution in [-0.4, -0.2) is 59.9 Å². The van der Waals surface area contributed by atoms with E-state index in [1.54, 1.807) is 22.8 Å². The number of benzene rings is 2. The van der Waals surface area contributed by atoms with E-state index in [9.17, 15) is 27.6 Å². The first-order valence-electron chi connectivity index (χ1n) is 12.8. The van der Waals surface area contributed by atoms with Crippen molar-refractivity contribution in [2.45, 2.75) is 31.6 Å². The van der Waals surface area contributed by atoms with Crippen LogP contribution in [0.2, 0.25) is 0 Å². The van der Waals surface area contributed by atoms with Crippen molar-refractivity contribution in [2.75, 3.05) is 37.4 Å². The number of alkyl halides is 3. The van der Waals surface area contributed by atoms with Gasteiger partial charge in [-0.25, -0.2) is 13.6 Å². The Morgan fingerprint density at radius 1 is 1.31 bits per heavy atom. The van der Waals surface area contributed by atoms with Crippen LogP contribution < -0.4 is 15.4 Å². The monoisotopic (exact) mass is 604 g/mol. The summed E-state index contributed by atoms with van der Waals surface area (Å²) in [5, 5.41) is 9.10. The third-order valence-electron chi connectivity index (χ3n) is 7.71. The molecular formula is C27H21F5N6O3S. The zero-order valence-electron chi connectivity index (χ0n) is 22.1. The van der Waals surface area contributed by atoms with Crippen molar-refractivity contribution in [1.29, 1.82) is 5.26 Å². The van der Waals surface area contributed by atoms with Gasteiger partial charge in [0.1, 0.15) is 34.8 Å². The molecule has 2 atom stereocenters. The molecule has 2 aromatic heterocycles. The number of likely N-dealkylation sites (N-methyl/N-ethyl adjacent to an activating group) is 1. The number of carbonyl (C=O) groups is 1. The Morgan fingerprint density at radius 2 is 2.07 bits per heavy atom. The second-order valence-electron chi connectivity index (χ2n) is 9.77. The number of cyclic esters (lactones) is 1. The van der Waals surface area contributed by atoms with E-state index in [1.165, 1.54) is 7.11 Å². The number of methoxy groups -OCH3 is 1. The Balaban J connectivity index is 1.66. The highest BCUT2D eigenvalue weighted by Gasteiger charge is 2.46. The van der Waals surface area contributed by atoms with Gasteiger partial charge in [-0.2, -0.15) is 28.4 Å². The number of halogens is 5. The van der Waals surface area contributed by atoms with Crippen LogP contribution in [-0.2, 0) is 10.9 Å². The van der Waals surface area contributed by atoms with Crippen LogP contribution in [0.4, 0.5) is 37.6 Å². The predicted octanol–water partition coefficient (Wildman–Crippen LogP) is 5.69. The zero-order valence-corrected chi connectivity index (χ0v) is 22.9. The number of anilines is 2. The summed E-state index contributed by atoms with van der Waals surface area (Å²) in [6, 6.07) is 3.39. The quantitative estimate of drug-likeness (QED) is 0.289. The van der Waals surface area contributed by atoms with E-state index in [1.807, 2.05) is 0 Å². The maximum Gasteiger partial charge on any atom is 0.417 e. The fraction of sp³-hybridized carbons (Fsp3) is 0.333. The first-order valence-corrected chi connectivity index (χ1v) is 13.6. The Bertz CT molecular complexity index is 1820. The molecule has 0 bridgehead atoms. The average molecular weight is 605 g/mol. The molecule has 2 fully saturated rings. The van der Waals surface area contributed by atoms with Gasteiger partial charge in [-0.05, 0) is 31.0 Å². The first kappa shape index (κ1) is 27.7. The molecule has 2 N–H and O–H groups in total. The number of hydrogen-bond donors (Lipinski definition) is 1. The molecule has 0 spiro atoms. The number of nitrogen functional groups attached to an aromatic ring is 1. The smallest absolute Gasteiger partial charge is 0.417 e. The van der Waals surface area contributed by atoms with Gasteiger partial charge in [0, 0.05) is 29.4 Å². The maximum atomic E-state index is 16.6. The number of carbonyl (C=O) groups excluding carboxylic acids is 1. The van der Waals surface area contributed by atoms with Crippen molar-refractivity contribution in [2.24, 2.45) is 0 Å². The molecule has 0 saturated carbocycles. The highest BCUT2D eigenvalue weighted by atomic mass is 32.1. The van der Waals surface area contributed by atoms with Crippen LogP contribution in [0.15, 0.2) is 18.2 Å². The van der Waals surface area contributed by atoms with Gasteiger partial charge in [0.25, 0.3) is 0 Å². The molecule has 2 saturated heterocycles. The fourth-order valence-corrected chi connectivity index (χ4v) is 6.86. The van der Waals surface area contributed by atoms with E-state index >= 15 is 4.39 Å². The number of thiophene rings is 1. The standard InChI is InChI=1S/C27H21F5N6O3S/c1-3-37(16-6-7-38-17(16)10-41-26(38)39)24-12-8-14(27(30,31)32)19(20(29)21(12)35-25(36-24)40-2)11-4-5-15(28)22-18(11)13(9-33)23(34)42-22/h4-5,8,16-17H,3,6-7,10,34H2,1-2H3. The van der Waals surface area contributed by atoms with E-state index in [0.717, 1.165) is 18.2 Å². The Kier molecular flexibility index (Phi) is 6.48. The van der Waals surface area contributed by atoms with Crippen molar-refractivity contribution < 1.29 is 36.2 Å². The predicted molar refractivity (Wildman–Crippen MR) is 144 cm³/mol. The molecule has 2 aromatic carbocycles. The number of rotatable bonds is 5. The summed E-state index contributed by atoms with van der Waals surface area (Å²) >= 11 is 0.685. The lowest BCUT2D eigenvalue weighted by molar-refractivity contribution is -0.137. The third kappa shape index (κ3) is 4.04. The highest BCUT2D eigenvalue weighted by Crippen LogP contribution is 2.48. The topological polar surface area (TPSA) is 118 Å². The van der Waals surface area contributed by atoms with E-state index in [2.05, 4.69) is 9.97 Å². The molecule has 6 rings (SSSR count).